The molecule has 184 valence electrons. The number of hydrogen-bond acceptors (Lipinski definition) is 7. The van der Waals surface area contributed by atoms with Crippen LogP contribution in [0.25, 0.3) is 10.8 Å². The Labute approximate surface area is 209 Å². The van der Waals surface area contributed by atoms with E-state index in [4.69, 9.17) is 14.5 Å². The number of benzene rings is 1. The van der Waals surface area contributed by atoms with Crippen molar-refractivity contribution in [1.82, 2.24) is 14.9 Å². The molecule has 8 heteroatoms. The standard InChI is InChI=1S/C27H31N3O4S/c1-26(2,3)25-29-22-19(31)14-27(15-21(22)35-25)7-10-30(11-8-27)24(32)16-12-18-17(20(13-16)33-4)6-9-28-23(18)34-5/h6,9,12-13H,7-8,10-11,14-15H2,1-5H3. The SMILES string of the molecule is COc1cc(C(=O)N2CCC3(CC2)CC(=O)c2nc(C(C)(C)C)sc2C3)cc2c(OC)nccc12. The first-order chi connectivity index (χ1) is 16.6. The number of likely N-dealkylation sites (tertiary alicyclic amines) is 1. The third-order valence-electron chi connectivity index (χ3n) is 7.25. The molecule has 1 fully saturated rings. The van der Waals surface area contributed by atoms with Gasteiger partial charge in [-0.25, -0.2) is 9.97 Å². The molecule has 7 nitrogen and oxygen atoms in total. The fourth-order valence-corrected chi connectivity index (χ4v) is 6.55. The van der Waals surface area contributed by atoms with Gasteiger partial charge in [0.15, 0.2) is 5.78 Å². The molecule has 5 rings (SSSR count). The summed E-state index contributed by atoms with van der Waals surface area (Å²) >= 11 is 1.68. The lowest BCUT2D eigenvalue weighted by molar-refractivity contribution is 0.0522. The summed E-state index contributed by atoms with van der Waals surface area (Å²) in [5.74, 6) is 1.19. The molecule has 1 saturated heterocycles. The molecule has 2 aromatic heterocycles. The average molecular weight is 494 g/mol. The largest absolute Gasteiger partial charge is 0.496 e. The van der Waals surface area contributed by atoms with Gasteiger partial charge in [0.1, 0.15) is 11.4 Å². The van der Waals surface area contributed by atoms with E-state index in [0.717, 1.165) is 39.9 Å². The normalized spacial score (nSPS) is 17.5. The lowest BCUT2D eigenvalue weighted by Gasteiger charge is -2.43. The summed E-state index contributed by atoms with van der Waals surface area (Å²) in [6.07, 6.45) is 4.67. The Morgan fingerprint density at radius 3 is 2.49 bits per heavy atom. The Morgan fingerprint density at radius 2 is 1.83 bits per heavy atom. The number of piperidine rings is 1. The molecule has 35 heavy (non-hydrogen) atoms. The van der Waals surface area contributed by atoms with Gasteiger partial charge in [-0.2, -0.15) is 0 Å². The van der Waals surface area contributed by atoms with Gasteiger partial charge >= 0.3 is 0 Å². The molecule has 1 aliphatic carbocycles. The van der Waals surface area contributed by atoms with Gasteiger partial charge in [-0.05, 0) is 42.9 Å². The first-order valence-corrected chi connectivity index (χ1v) is 12.8. The molecular formula is C27H31N3O4S. The van der Waals surface area contributed by atoms with Crippen molar-refractivity contribution in [2.45, 2.75) is 51.9 Å². The van der Waals surface area contributed by atoms with Crippen molar-refractivity contribution in [2.24, 2.45) is 5.41 Å². The number of nitrogens with zero attached hydrogens (tertiary/aromatic N) is 3. The van der Waals surface area contributed by atoms with Crippen LogP contribution in [0.1, 0.15) is 70.8 Å². The monoisotopic (exact) mass is 493 g/mol. The Kier molecular flexibility index (Phi) is 5.82. The van der Waals surface area contributed by atoms with E-state index in [1.165, 1.54) is 0 Å². The van der Waals surface area contributed by atoms with Crippen molar-refractivity contribution in [3.05, 3.63) is 45.5 Å². The van der Waals surface area contributed by atoms with Crippen LogP contribution in [0, 0.1) is 5.41 Å². The van der Waals surface area contributed by atoms with Gasteiger partial charge < -0.3 is 14.4 Å². The van der Waals surface area contributed by atoms with Crippen LogP contribution in [0.4, 0.5) is 0 Å². The zero-order valence-electron chi connectivity index (χ0n) is 20.9. The van der Waals surface area contributed by atoms with E-state index in [2.05, 4.69) is 25.8 Å². The van der Waals surface area contributed by atoms with Gasteiger partial charge in [0, 0.05) is 52.3 Å². The second-order valence-electron chi connectivity index (χ2n) is 10.7. The number of amides is 1. The molecular weight excluding hydrogens is 462 g/mol. The molecule has 0 N–H and O–H groups in total. The topological polar surface area (TPSA) is 81.6 Å². The van der Waals surface area contributed by atoms with E-state index >= 15 is 0 Å². The zero-order chi connectivity index (χ0) is 25.0. The number of hydrogen-bond donors (Lipinski definition) is 0. The number of carbonyl (C=O) groups excluding carboxylic acids is 2. The third kappa shape index (κ3) is 4.18. The first kappa shape index (κ1) is 23.7. The van der Waals surface area contributed by atoms with E-state index in [9.17, 15) is 9.59 Å². The summed E-state index contributed by atoms with van der Waals surface area (Å²) in [6.45, 7) is 7.65. The molecule has 0 radical (unpaired) electrons. The predicted molar refractivity (Wildman–Crippen MR) is 136 cm³/mol. The number of aromatic nitrogens is 2. The number of carbonyl (C=O) groups is 2. The summed E-state index contributed by atoms with van der Waals surface area (Å²) in [5, 5.41) is 2.62. The van der Waals surface area contributed by atoms with Gasteiger partial charge in [0.25, 0.3) is 5.91 Å². The highest BCUT2D eigenvalue weighted by atomic mass is 32.1. The number of thiazole rings is 1. The van der Waals surface area contributed by atoms with Crippen LogP contribution in [0.15, 0.2) is 24.4 Å². The molecule has 3 aromatic rings. The van der Waals surface area contributed by atoms with Crippen molar-refractivity contribution in [2.75, 3.05) is 27.3 Å². The molecule has 0 bridgehead atoms. The van der Waals surface area contributed by atoms with Crippen LogP contribution in [-0.4, -0.2) is 53.9 Å². The fraction of sp³-hybridized carbons (Fsp3) is 0.481. The summed E-state index contributed by atoms with van der Waals surface area (Å²) in [6, 6.07) is 5.48. The molecule has 1 aliphatic heterocycles. The maximum atomic E-state index is 13.5. The second-order valence-corrected chi connectivity index (χ2v) is 11.8. The number of Topliss-reactive ketones (excluding diaryl/α,β-unsaturated/α-hetero) is 1. The van der Waals surface area contributed by atoms with Crippen molar-refractivity contribution in [3.63, 3.8) is 0 Å². The van der Waals surface area contributed by atoms with Crippen LogP contribution >= 0.6 is 11.3 Å². The summed E-state index contributed by atoms with van der Waals surface area (Å²) < 4.78 is 11.0. The minimum absolute atomic E-state index is 0.0402. The Balaban J connectivity index is 1.36. The van der Waals surface area contributed by atoms with Crippen molar-refractivity contribution in [1.29, 1.82) is 0 Å². The highest BCUT2D eigenvalue weighted by molar-refractivity contribution is 7.12. The minimum Gasteiger partial charge on any atom is -0.496 e. The first-order valence-electron chi connectivity index (χ1n) is 12.0. The smallest absolute Gasteiger partial charge is 0.254 e. The van der Waals surface area contributed by atoms with Crippen LogP contribution in [0.5, 0.6) is 11.6 Å². The Bertz CT molecular complexity index is 1320. The number of fused-ring (bicyclic) bond motifs is 2. The number of methoxy groups -OCH3 is 2. The molecule has 1 aromatic carbocycles. The summed E-state index contributed by atoms with van der Waals surface area (Å²) in [4.78, 5) is 38.5. The molecule has 1 amide bonds. The molecule has 0 atom stereocenters. The van der Waals surface area contributed by atoms with Crippen molar-refractivity contribution < 1.29 is 19.1 Å². The van der Waals surface area contributed by atoms with Gasteiger partial charge in [-0.15, -0.1) is 11.3 Å². The Morgan fingerprint density at radius 1 is 1.09 bits per heavy atom. The number of ketones is 1. The zero-order valence-corrected chi connectivity index (χ0v) is 21.8. The molecule has 1 spiro atoms. The van der Waals surface area contributed by atoms with E-state index in [0.29, 0.717) is 42.4 Å². The lowest BCUT2D eigenvalue weighted by Crippen LogP contribution is -2.46. The predicted octanol–water partition coefficient (Wildman–Crippen LogP) is 5.06. The molecule has 0 unspecified atom stereocenters. The molecule has 3 heterocycles. The van der Waals surface area contributed by atoms with Crippen LogP contribution < -0.4 is 9.47 Å². The van der Waals surface area contributed by atoms with Crippen LogP contribution in [0.2, 0.25) is 0 Å². The average Bonchev–Trinajstić information content (AvgIpc) is 3.28. The van der Waals surface area contributed by atoms with Gasteiger partial charge in [-0.1, -0.05) is 20.8 Å². The Hall–Kier alpha value is -3.00. The van der Waals surface area contributed by atoms with Crippen molar-refractivity contribution in [3.8, 4) is 11.6 Å². The van der Waals surface area contributed by atoms with E-state index < -0.39 is 0 Å². The van der Waals surface area contributed by atoms with Gasteiger partial charge in [-0.3, -0.25) is 9.59 Å². The second kappa shape index (κ2) is 8.59. The lowest BCUT2D eigenvalue weighted by atomic mass is 9.68. The van der Waals surface area contributed by atoms with Crippen LogP contribution in [-0.2, 0) is 11.8 Å². The third-order valence-corrected chi connectivity index (χ3v) is 8.73. The quantitative estimate of drug-likeness (QED) is 0.507. The van der Waals surface area contributed by atoms with Gasteiger partial charge in [0.2, 0.25) is 5.88 Å². The summed E-state index contributed by atoms with van der Waals surface area (Å²) in [7, 11) is 3.16. The van der Waals surface area contributed by atoms with E-state index in [-0.39, 0.29) is 22.5 Å². The fourth-order valence-electron chi connectivity index (χ4n) is 5.24. The molecule has 0 saturated carbocycles. The van der Waals surface area contributed by atoms with Crippen molar-refractivity contribution >= 4 is 33.8 Å². The highest BCUT2D eigenvalue weighted by Gasteiger charge is 2.44. The highest BCUT2D eigenvalue weighted by Crippen LogP contribution is 2.46. The van der Waals surface area contributed by atoms with E-state index in [1.54, 1.807) is 37.8 Å². The maximum Gasteiger partial charge on any atom is 0.254 e. The number of rotatable bonds is 3. The van der Waals surface area contributed by atoms with E-state index in [1.807, 2.05) is 17.0 Å². The summed E-state index contributed by atoms with van der Waals surface area (Å²) in [5.41, 5.74) is 1.08. The van der Waals surface area contributed by atoms with Crippen LogP contribution in [0.3, 0.4) is 0 Å². The molecule has 2 aliphatic rings. The number of pyridine rings is 1. The minimum atomic E-state index is -0.0865. The van der Waals surface area contributed by atoms with Gasteiger partial charge in [0.05, 0.1) is 19.2 Å². The number of ether oxygens (including phenoxy) is 2. The maximum absolute atomic E-state index is 13.5.